The van der Waals surface area contributed by atoms with Gasteiger partial charge in [-0.25, -0.2) is 4.79 Å². The fourth-order valence-corrected chi connectivity index (χ4v) is 3.15. The van der Waals surface area contributed by atoms with E-state index >= 15 is 0 Å². The van der Waals surface area contributed by atoms with Crippen LogP contribution >= 0.6 is 0 Å². The third-order valence-electron chi connectivity index (χ3n) is 4.45. The number of fused-ring (bicyclic) bond motifs is 2. The molecule has 2 aromatic heterocycles. The van der Waals surface area contributed by atoms with Crippen LogP contribution in [0, 0.1) is 0 Å². The lowest BCUT2D eigenvalue weighted by atomic mass is 10.1. The normalized spacial score (nSPS) is 11.1. The van der Waals surface area contributed by atoms with Crippen molar-refractivity contribution in [2.24, 2.45) is 0 Å². The molecular formula is C21H18N2O4. The molecule has 0 atom stereocenters. The minimum atomic E-state index is -0.400. The Balaban J connectivity index is 1.67. The van der Waals surface area contributed by atoms with Gasteiger partial charge in [0, 0.05) is 47.9 Å². The topological polar surface area (TPSA) is 73.5 Å². The number of nitrogens with zero attached hydrogens (tertiary/aromatic N) is 1. The molecule has 136 valence electrons. The molecular weight excluding hydrogens is 344 g/mol. The van der Waals surface area contributed by atoms with Crippen LogP contribution in [0.25, 0.3) is 21.9 Å². The third kappa shape index (κ3) is 3.35. The highest BCUT2D eigenvalue weighted by Crippen LogP contribution is 2.23. The smallest absolute Gasteiger partial charge is 0.336 e. The first-order valence-corrected chi connectivity index (χ1v) is 8.58. The second-order valence-corrected chi connectivity index (χ2v) is 6.21. The Labute approximate surface area is 155 Å². The summed E-state index contributed by atoms with van der Waals surface area (Å²) in [6.45, 7) is 1.23. The van der Waals surface area contributed by atoms with Crippen LogP contribution in [0.2, 0.25) is 0 Å². The molecule has 1 amide bonds. The summed E-state index contributed by atoms with van der Waals surface area (Å²) in [5, 5.41) is 4.56. The summed E-state index contributed by atoms with van der Waals surface area (Å²) < 4.78 is 12.3. The fourth-order valence-electron chi connectivity index (χ4n) is 3.15. The zero-order valence-electron chi connectivity index (χ0n) is 14.8. The number of aromatic nitrogens is 1. The molecule has 0 aliphatic heterocycles. The molecule has 2 heterocycles. The van der Waals surface area contributed by atoms with E-state index in [9.17, 15) is 9.59 Å². The molecule has 0 saturated heterocycles. The third-order valence-corrected chi connectivity index (χ3v) is 4.45. The van der Waals surface area contributed by atoms with E-state index in [1.165, 1.54) is 6.07 Å². The van der Waals surface area contributed by atoms with Crippen molar-refractivity contribution in [3.05, 3.63) is 76.8 Å². The SMILES string of the molecule is COCCn1cc(C(=O)Nc2ccc3oc(=O)ccc3c2)c2ccccc21. The molecule has 0 saturated carbocycles. The molecule has 0 bridgehead atoms. The minimum absolute atomic E-state index is 0.195. The molecule has 0 aliphatic carbocycles. The van der Waals surface area contributed by atoms with Crippen LogP contribution in [0.3, 0.4) is 0 Å². The second-order valence-electron chi connectivity index (χ2n) is 6.21. The number of anilines is 1. The molecule has 0 unspecified atom stereocenters. The predicted octanol–water partition coefficient (Wildman–Crippen LogP) is 3.65. The average Bonchev–Trinajstić information content (AvgIpc) is 3.05. The first-order valence-electron chi connectivity index (χ1n) is 8.58. The number of carbonyl (C=O) groups excluding carboxylic acids is 1. The molecule has 0 aliphatic rings. The molecule has 6 heteroatoms. The molecule has 27 heavy (non-hydrogen) atoms. The number of hydrogen-bond acceptors (Lipinski definition) is 4. The Morgan fingerprint density at radius 3 is 2.85 bits per heavy atom. The van der Waals surface area contributed by atoms with E-state index in [0.29, 0.717) is 30.0 Å². The van der Waals surface area contributed by atoms with Crippen molar-refractivity contribution in [3.63, 3.8) is 0 Å². The van der Waals surface area contributed by atoms with Gasteiger partial charge in [-0.2, -0.15) is 0 Å². The molecule has 4 aromatic rings. The lowest BCUT2D eigenvalue weighted by molar-refractivity contribution is 0.102. The monoisotopic (exact) mass is 362 g/mol. The zero-order valence-corrected chi connectivity index (χ0v) is 14.8. The Morgan fingerprint density at radius 1 is 1.15 bits per heavy atom. The van der Waals surface area contributed by atoms with E-state index in [-0.39, 0.29) is 5.91 Å². The lowest BCUT2D eigenvalue weighted by Crippen LogP contribution is -2.11. The maximum absolute atomic E-state index is 12.9. The summed E-state index contributed by atoms with van der Waals surface area (Å²) in [4.78, 5) is 24.2. The van der Waals surface area contributed by atoms with Gasteiger partial charge in [-0.3, -0.25) is 4.79 Å². The number of benzene rings is 2. The van der Waals surface area contributed by atoms with Crippen molar-refractivity contribution < 1.29 is 13.9 Å². The van der Waals surface area contributed by atoms with E-state index in [0.717, 1.165) is 16.3 Å². The molecule has 0 radical (unpaired) electrons. The molecule has 2 aromatic carbocycles. The number of para-hydroxylation sites is 1. The summed E-state index contributed by atoms with van der Waals surface area (Å²) >= 11 is 0. The number of hydrogen-bond donors (Lipinski definition) is 1. The van der Waals surface area contributed by atoms with E-state index < -0.39 is 5.63 Å². The van der Waals surface area contributed by atoms with Gasteiger partial charge in [-0.15, -0.1) is 0 Å². The lowest BCUT2D eigenvalue weighted by Gasteiger charge is -2.05. The van der Waals surface area contributed by atoms with Crippen LogP contribution in [-0.4, -0.2) is 24.2 Å². The van der Waals surface area contributed by atoms with Gasteiger partial charge in [-0.05, 0) is 30.3 Å². The number of carbonyl (C=O) groups is 1. The van der Waals surface area contributed by atoms with Crippen molar-refractivity contribution in [1.29, 1.82) is 0 Å². The summed E-state index contributed by atoms with van der Waals surface area (Å²) in [6.07, 6.45) is 1.85. The van der Waals surface area contributed by atoms with Gasteiger partial charge in [0.1, 0.15) is 5.58 Å². The standard InChI is InChI=1S/C21H18N2O4/c1-26-11-10-23-13-17(16-4-2-3-5-18(16)23)21(25)22-15-7-8-19-14(12-15)6-9-20(24)27-19/h2-9,12-13H,10-11H2,1H3,(H,22,25). The maximum atomic E-state index is 12.9. The highest BCUT2D eigenvalue weighted by Gasteiger charge is 2.15. The number of ether oxygens (including phenoxy) is 1. The largest absolute Gasteiger partial charge is 0.423 e. The van der Waals surface area contributed by atoms with Crippen molar-refractivity contribution in [3.8, 4) is 0 Å². The van der Waals surface area contributed by atoms with Crippen LogP contribution < -0.4 is 10.9 Å². The molecule has 0 spiro atoms. The minimum Gasteiger partial charge on any atom is -0.423 e. The van der Waals surface area contributed by atoms with Crippen molar-refractivity contribution >= 4 is 33.5 Å². The Kier molecular flexibility index (Phi) is 4.48. The second kappa shape index (κ2) is 7.09. The van der Waals surface area contributed by atoms with Crippen LogP contribution in [-0.2, 0) is 11.3 Å². The summed E-state index contributed by atoms with van der Waals surface area (Å²) in [5.74, 6) is -0.195. The van der Waals surface area contributed by atoms with Gasteiger partial charge < -0.3 is 19.0 Å². The van der Waals surface area contributed by atoms with Crippen LogP contribution in [0.15, 0.2) is 70.0 Å². The zero-order chi connectivity index (χ0) is 18.8. The Bertz CT molecular complexity index is 1190. The van der Waals surface area contributed by atoms with Gasteiger partial charge in [0.15, 0.2) is 0 Å². The van der Waals surface area contributed by atoms with E-state index in [1.807, 2.05) is 35.0 Å². The molecule has 0 fully saturated rings. The first-order chi connectivity index (χ1) is 13.2. The van der Waals surface area contributed by atoms with Gasteiger partial charge in [-0.1, -0.05) is 18.2 Å². The van der Waals surface area contributed by atoms with Gasteiger partial charge in [0.25, 0.3) is 5.91 Å². The highest BCUT2D eigenvalue weighted by molar-refractivity contribution is 6.13. The Morgan fingerprint density at radius 2 is 2.00 bits per heavy atom. The highest BCUT2D eigenvalue weighted by atomic mass is 16.5. The van der Waals surface area contributed by atoms with Crippen molar-refractivity contribution in [2.45, 2.75) is 6.54 Å². The molecule has 4 rings (SSSR count). The summed E-state index contributed by atoms with van der Waals surface area (Å²) in [6, 6.07) is 16.0. The fraction of sp³-hybridized carbons (Fsp3) is 0.143. The van der Waals surface area contributed by atoms with Crippen LogP contribution in [0.4, 0.5) is 5.69 Å². The Hall–Kier alpha value is -3.38. The predicted molar refractivity (Wildman–Crippen MR) is 104 cm³/mol. The van der Waals surface area contributed by atoms with E-state index in [2.05, 4.69) is 5.32 Å². The summed E-state index contributed by atoms with van der Waals surface area (Å²) in [7, 11) is 1.65. The average molecular weight is 362 g/mol. The van der Waals surface area contributed by atoms with Crippen molar-refractivity contribution in [2.75, 3.05) is 19.0 Å². The summed E-state index contributed by atoms with van der Waals surface area (Å²) in [5.41, 5.74) is 2.30. The van der Waals surface area contributed by atoms with Gasteiger partial charge >= 0.3 is 5.63 Å². The number of amides is 1. The number of rotatable bonds is 5. The maximum Gasteiger partial charge on any atom is 0.336 e. The number of nitrogens with one attached hydrogen (secondary N) is 1. The number of methoxy groups -OCH3 is 1. The molecule has 6 nitrogen and oxygen atoms in total. The van der Waals surface area contributed by atoms with Crippen LogP contribution in [0.1, 0.15) is 10.4 Å². The van der Waals surface area contributed by atoms with Crippen LogP contribution in [0.5, 0.6) is 0 Å². The van der Waals surface area contributed by atoms with Gasteiger partial charge in [0.05, 0.1) is 12.2 Å². The first kappa shape index (κ1) is 17.1. The van der Waals surface area contributed by atoms with E-state index in [1.54, 1.807) is 31.4 Å². The molecule has 1 N–H and O–H groups in total. The quantitative estimate of drug-likeness (QED) is 0.550. The van der Waals surface area contributed by atoms with E-state index in [4.69, 9.17) is 9.15 Å². The van der Waals surface area contributed by atoms with Gasteiger partial charge in [0.2, 0.25) is 0 Å². The van der Waals surface area contributed by atoms with Crippen molar-refractivity contribution in [1.82, 2.24) is 4.57 Å².